The lowest BCUT2D eigenvalue weighted by Crippen LogP contribution is -2.04. The minimum Gasteiger partial charge on any atom is -0.481 e. The number of aliphatic carboxylic acids is 1. The molecule has 0 bridgehead atoms. The second-order valence-corrected chi connectivity index (χ2v) is 4.92. The van der Waals surface area contributed by atoms with Crippen LogP contribution >= 0.6 is 15.9 Å². The van der Waals surface area contributed by atoms with Gasteiger partial charge < -0.3 is 5.11 Å². The number of carbonyl (C=O) groups is 1. The Bertz CT molecular complexity index is 670. The first kappa shape index (κ1) is 14.1. The molecule has 0 aliphatic carbocycles. The first-order valence-corrected chi connectivity index (χ1v) is 6.28. The van der Waals surface area contributed by atoms with Gasteiger partial charge in [-0.05, 0) is 12.1 Å². The highest BCUT2D eigenvalue weighted by Gasteiger charge is 2.15. The molecule has 8 nitrogen and oxygen atoms in total. The third kappa shape index (κ3) is 3.38. The quantitative estimate of drug-likeness (QED) is 0.653. The van der Waals surface area contributed by atoms with Crippen LogP contribution in [0.1, 0.15) is 11.3 Å². The number of hydrogen-bond donors (Lipinski definition) is 1. The standard InChI is InChI=1S/C11H9BrN4O4/c12-8-2-1-7(10(3-8)16(19)20)5-15-6-9(13-14-15)4-11(17)18/h1-3,6H,4-5H2,(H,17,18). The Kier molecular flexibility index (Phi) is 4.08. The minimum absolute atomic E-state index is 0.0327. The number of rotatable bonds is 5. The van der Waals surface area contributed by atoms with E-state index in [-0.39, 0.29) is 18.7 Å². The molecule has 0 amide bonds. The van der Waals surface area contributed by atoms with E-state index in [1.54, 1.807) is 12.1 Å². The Morgan fingerprint density at radius 2 is 2.25 bits per heavy atom. The number of aromatic nitrogens is 3. The second-order valence-electron chi connectivity index (χ2n) is 4.01. The summed E-state index contributed by atoms with van der Waals surface area (Å²) in [6.45, 7) is 0.149. The third-order valence-corrected chi connectivity index (χ3v) is 2.99. The van der Waals surface area contributed by atoms with Gasteiger partial charge in [-0.1, -0.05) is 21.1 Å². The van der Waals surface area contributed by atoms with Crippen molar-refractivity contribution in [2.45, 2.75) is 13.0 Å². The molecule has 2 aromatic rings. The van der Waals surface area contributed by atoms with Crippen LogP contribution in [0.4, 0.5) is 5.69 Å². The van der Waals surface area contributed by atoms with E-state index < -0.39 is 10.9 Å². The molecule has 1 aromatic heterocycles. The van der Waals surface area contributed by atoms with Crippen molar-refractivity contribution in [3.05, 3.63) is 50.2 Å². The molecule has 1 N–H and O–H groups in total. The van der Waals surface area contributed by atoms with E-state index in [1.165, 1.54) is 16.9 Å². The van der Waals surface area contributed by atoms with Gasteiger partial charge in [-0.25, -0.2) is 4.68 Å². The van der Waals surface area contributed by atoms with E-state index in [1.807, 2.05) is 0 Å². The van der Waals surface area contributed by atoms with Crippen LogP contribution in [0.5, 0.6) is 0 Å². The minimum atomic E-state index is -1.01. The molecule has 0 fully saturated rings. The summed E-state index contributed by atoms with van der Waals surface area (Å²) in [6.07, 6.45) is 1.22. The Morgan fingerprint density at radius 3 is 2.90 bits per heavy atom. The smallest absolute Gasteiger partial charge is 0.309 e. The van der Waals surface area contributed by atoms with Crippen LogP contribution in [0.2, 0.25) is 0 Å². The van der Waals surface area contributed by atoms with E-state index in [0.29, 0.717) is 15.7 Å². The molecule has 104 valence electrons. The first-order valence-electron chi connectivity index (χ1n) is 5.49. The van der Waals surface area contributed by atoms with Crippen LogP contribution in [0, 0.1) is 10.1 Å². The van der Waals surface area contributed by atoms with Gasteiger partial charge in [0.2, 0.25) is 0 Å². The monoisotopic (exact) mass is 340 g/mol. The molecule has 0 radical (unpaired) electrons. The Balaban J connectivity index is 2.23. The lowest BCUT2D eigenvalue weighted by Gasteiger charge is -2.03. The van der Waals surface area contributed by atoms with Crippen molar-refractivity contribution >= 4 is 27.6 Å². The van der Waals surface area contributed by atoms with Crippen LogP contribution < -0.4 is 0 Å². The van der Waals surface area contributed by atoms with Crippen molar-refractivity contribution in [3.63, 3.8) is 0 Å². The van der Waals surface area contributed by atoms with Crippen molar-refractivity contribution in [1.29, 1.82) is 0 Å². The molecular weight excluding hydrogens is 332 g/mol. The summed E-state index contributed by atoms with van der Waals surface area (Å²) in [7, 11) is 0. The molecule has 1 heterocycles. The topological polar surface area (TPSA) is 111 Å². The molecular formula is C11H9BrN4O4. The average molecular weight is 341 g/mol. The van der Waals surface area contributed by atoms with Gasteiger partial charge in [-0.3, -0.25) is 14.9 Å². The maximum absolute atomic E-state index is 11.0. The number of carboxylic acid groups (broad SMARTS) is 1. The molecule has 0 saturated carbocycles. The molecule has 1 aromatic carbocycles. The fraction of sp³-hybridized carbons (Fsp3) is 0.182. The lowest BCUT2D eigenvalue weighted by molar-refractivity contribution is -0.385. The highest BCUT2D eigenvalue weighted by molar-refractivity contribution is 9.10. The Hall–Kier alpha value is -2.29. The van der Waals surface area contributed by atoms with Crippen LogP contribution in [0.25, 0.3) is 0 Å². The lowest BCUT2D eigenvalue weighted by atomic mass is 10.2. The maximum atomic E-state index is 11.0. The maximum Gasteiger partial charge on any atom is 0.309 e. The van der Waals surface area contributed by atoms with Crippen LogP contribution in [0.3, 0.4) is 0 Å². The van der Waals surface area contributed by atoms with Crippen LogP contribution in [0.15, 0.2) is 28.9 Å². The van der Waals surface area contributed by atoms with Gasteiger partial charge in [0, 0.05) is 16.7 Å². The number of benzene rings is 1. The summed E-state index contributed by atoms with van der Waals surface area (Å²) >= 11 is 3.18. The van der Waals surface area contributed by atoms with E-state index in [0.717, 1.165) is 0 Å². The van der Waals surface area contributed by atoms with Gasteiger partial charge in [0.15, 0.2) is 0 Å². The number of nitro benzene ring substituents is 1. The number of nitro groups is 1. The summed E-state index contributed by atoms with van der Waals surface area (Å²) in [4.78, 5) is 21.0. The Morgan fingerprint density at radius 1 is 1.50 bits per heavy atom. The van der Waals surface area contributed by atoms with Crippen LogP contribution in [-0.2, 0) is 17.8 Å². The predicted molar refractivity (Wildman–Crippen MR) is 71.3 cm³/mol. The van der Waals surface area contributed by atoms with Gasteiger partial charge in [0.05, 0.1) is 29.1 Å². The zero-order chi connectivity index (χ0) is 14.7. The SMILES string of the molecule is O=C(O)Cc1cn(Cc2ccc(Br)cc2[N+](=O)[O-])nn1. The molecule has 0 aliphatic rings. The molecule has 2 rings (SSSR count). The van der Waals surface area contributed by atoms with Gasteiger partial charge >= 0.3 is 5.97 Å². The largest absolute Gasteiger partial charge is 0.481 e. The van der Waals surface area contributed by atoms with Crippen molar-refractivity contribution in [2.75, 3.05) is 0 Å². The average Bonchev–Trinajstić information content (AvgIpc) is 2.77. The van der Waals surface area contributed by atoms with Crippen molar-refractivity contribution in [3.8, 4) is 0 Å². The molecule has 0 atom stereocenters. The fourth-order valence-corrected chi connectivity index (χ4v) is 2.02. The van der Waals surface area contributed by atoms with Crippen molar-refractivity contribution in [1.82, 2.24) is 15.0 Å². The van der Waals surface area contributed by atoms with Gasteiger partial charge in [-0.2, -0.15) is 0 Å². The molecule has 0 unspecified atom stereocenters. The number of hydrogen-bond acceptors (Lipinski definition) is 5. The second kappa shape index (κ2) is 5.78. The highest BCUT2D eigenvalue weighted by Crippen LogP contribution is 2.24. The summed E-state index contributed by atoms with van der Waals surface area (Å²) in [6, 6.07) is 4.71. The van der Waals surface area contributed by atoms with Gasteiger partial charge in [0.25, 0.3) is 5.69 Å². The fourth-order valence-electron chi connectivity index (χ4n) is 1.67. The zero-order valence-electron chi connectivity index (χ0n) is 10.1. The number of nitrogens with zero attached hydrogens (tertiary/aromatic N) is 4. The van der Waals surface area contributed by atoms with E-state index >= 15 is 0 Å². The summed E-state index contributed by atoms with van der Waals surface area (Å²) in [5, 5.41) is 27.1. The molecule has 0 spiro atoms. The Labute approximate surface area is 121 Å². The first-order chi connectivity index (χ1) is 9.45. The van der Waals surface area contributed by atoms with Crippen molar-refractivity contribution in [2.24, 2.45) is 0 Å². The highest BCUT2D eigenvalue weighted by atomic mass is 79.9. The van der Waals surface area contributed by atoms with Gasteiger partial charge in [0.1, 0.15) is 0 Å². The predicted octanol–water partition coefficient (Wildman–Crippen LogP) is 1.62. The number of carboxylic acids is 1. The summed E-state index contributed by atoms with van der Waals surface area (Å²) < 4.78 is 1.98. The number of halogens is 1. The molecule has 9 heteroatoms. The van der Waals surface area contributed by atoms with E-state index in [9.17, 15) is 14.9 Å². The van der Waals surface area contributed by atoms with Crippen molar-refractivity contribution < 1.29 is 14.8 Å². The summed E-state index contributed by atoms with van der Waals surface area (Å²) in [5.41, 5.74) is 0.733. The normalized spacial score (nSPS) is 10.4. The van der Waals surface area contributed by atoms with E-state index in [2.05, 4.69) is 26.2 Å². The van der Waals surface area contributed by atoms with E-state index in [4.69, 9.17) is 5.11 Å². The van der Waals surface area contributed by atoms with Gasteiger partial charge in [-0.15, -0.1) is 5.10 Å². The molecule has 20 heavy (non-hydrogen) atoms. The summed E-state index contributed by atoms with van der Waals surface area (Å²) in [5.74, 6) is -1.01. The third-order valence-electron chi connectivity index (χ3n) is 2.49. The zero-order valence-corrected chi connectivity index (χ0v) is 11.6. The molecule has 0 aliphatic heterocycles. The van der Waals surface area contributed by atoms with Crippen LogP contribution in [-0.4, -0.2) is 31.0 Å². The molecule has 0 saturated heterocycles.